The Morgan fingerprint density at radius 1 is 1.21 bits per heavy atom. The fourth-order valence-electron chi connectivity index (χ4n) is 2.72. The van der Waals surface area contributed by atoms with Crippen molar-refractivity contribution in [2.45, 2.75) is 45.6 Å². The molecule has 0 aliphatic heterocycles. The Balaban J connectivity index is 2.60. The Morgan fingerprint density at radius 2 is 1.93 bits per heavy atom. The lowest BCUT2D eigenvalue weighted by Crippen LogP contribution is -2.20. The fourth-order valence-corrected chi connectivity index (χ4v) is 2.72. The van der Waals surface area contributed by atoms with Gasteiger partial charge >= 0.3 is 0 Å². The van der Waals surface area contributed by atoms with Crippen molar-refractivity contribution in [3.8, 4) is 0 Å². The molecule has 2 N–H and O–H groups in total. The van der Waals surface area contributed by atoms with Crippen molar-refractivity contribution < 1.29 is 0 Å². The average Bonchev–Trinajstić information content (AvgIpc) is 2.10. The maximum Gasteiger partial charge on any atom is 0.0298 e. The molecule has 0 saturated carbocycles. The maximum atomic E-state index is 6.15. The molecule has 1 heteroatoms. The van der Waals surface area contributed by atoms with Crippen LogP contribution in [0.2, 0.25) is 0 Å². The first-order valence-corrected chi connectivity index (χ1v) is 5.46. The van der Waals surface area contributed by atoms with Crippen molar-refractivity contribution in [2.75, 3.05) is 0 Å². The summed E-state index contributed by atoms with van der Waals surface area (Å²) in [6, 6.07) is 4.80. The summed E-state index contributed by atoms with van der Waals surface area (Å²) in [6.07, 6.45) is 2.37. The van der Waals surface area contributed by atoms with Crippen molar-refractivity contribution in [1.82, 2.24) is 0 Å². The van der Waals surface area contributed by atoms with Gasteiger partial charge in [0.05, 0.1) is 0 Å². The summed E-state index contributed by atoms with van der Waals surface area (Å²) in [7, 11) is 0. The second-order valence-electron chi connectivity index (χ2n) is 4.67. The lowest BCUT2D eigenvalue weighted by molar-refractivity contribution is 0.511. The molecule has 1 nitrogen and oxygen atoms in total. The zero-order chi connectivity index (χ0) is 10.3. The van der Waals surface area contributed by atoms with Gasteiger partial charge in [-0.15, -0.1) is 0 Å². The summed E-state index contributed by atoms with van der Waals surface area (Å²) < 4.78 is 0. The molecule has 2 atom stereocenters. The quantitative estimate of drug-likeness (QED) is 0.666. The van der Waals surface area contributed by atoms with Crippen LogP contribution in [-0.2, 0) is 0 Å². The molecule has 0 heterocycles. The van der Waals surface area contributed by atoms with Gasteiger partial charge in [-0.3, -0.25) is 0 Å². The predicted octanol–water partition coefficient (Wildman–Crippen LogP) is 3.20. The molecule has 0 saturated heterocycles. The lowest BCUT2D eigenvalue weighted by atomic mass is 9.78. The lowest BCUT2D eigenvalue weighted by Gasteiger charge is -2.29. The molecule has 2 rings (SSSR count). The average molecular weight is 189 g/mol. The molecule has 2 unspecified atom stereocenters. The highest BCUT2D eigenvalue weighted by Crippen LogP contribution is 2.38. The van der Waals surface area contributed by atoms with E-state index >= 15 is 0 Å². The van der Waals surface area contributed by atoms with E-state index in [1.807, 2.05) is 0 Å². The third-order valence-electron chi connectivity index (χ3n) is 3.37. The van der Waals surface area contributed by atoms with Crippen LogP contribution >= 0.6 is 0 Å². The van der Waals surface area contributed by atoms with Crippen molar-refractivity contribution >= 4 is 0 Å². The van der Waals surface area contributed by atoms with E-state index in [-0.39, 0.29) is 6.04 Å². The fraction of sp³-hybridized carbons (Fsp3) is 0.538. The molecule has 0 aromatic heterocycles. The van der Waals surface area contributed by atoms with E-state index in [4.69, 9.17) is 5.73 Å². The number of benzene rings is 1. The number of fused-ring (bicyclic) bond motifs is 1. The van der Waals surface area contributed by atoms with E-state index < -0.39 is 0 Å². The highest BCUT2D eigenvalue weighted by Gasteiger charge is 2.23. The molecular weight excluding hydrogens is 170 g/mol. The molecule has 1 aromatic rings. The Bertz CT molecular complexity index is 354. The maximum absolute atomic E-state index is 6.15. The van der Waals surface area contributed by atoms with Gasteiger partial charge < -0.3 is 5.73 Å². The summed E-state index contributed by atoms with van der Waals surface area (Å²) in [5.41, 5.74) is 11.8. The number of aryl methyl sites for hydroxylation is 2. The Morgan fingerprint density at radius 3 is 2.64 bits per heavy atom. The van der Waals surface area contributed by atoms with Crippen LogP contribution in [0.15, 0.2) is 12.1 Å². The van der Waals surface area contributed by atoms with Crippen molar-refractivity contribution in [3.05, 3.63) is 34.4 Å². The SMILES string of the molecule is Cc1cc(C)c2c(c1)C(N)CCC2C. The van der Waals surface area contributed by atoms with Crippen LogP contribution in [0.4, 0.5) is 0 Å². The molecular formula is C13H19N. The van der Waals surface area contributed by atoms with Crippen LogP contribution < -0.4 is 5.73 Å². The summed E-state index contributed by atoms with van der Waals surface area (Å²) >= 11 is 0. The van der Waals surface area contributed by atoms with Gasteiger partial charge in [0.2, 0.25) is 0 Å². The highest BCUT2D eigenvalue weighted by atomic mass is 14.6. The van der Waals surface area contributed by atoms with E-state index in [9.17, 15) is 0 Å². The number of hydrogen-bond donors (Lipinski definition) is 1. The van der Waals surface area contributed by atoms with Gasteiger partial charge in [-0.25, -0.2) is 0 Å². The van der Waals surface area contributed by atoms with E-state index in [0.717, 1.165) is 6.42 Å². The standard InChI is InChI=1S/C13H19N/c1-8-6-10(3)13-9(2)4-5-12(14)11(13)7-8/h6-7,9,12H,4-5,14H2,1-3H3. The van der Waals surface area contributed by atoms with Gasteiger partial charge in [0, 0.05) is 6.04 Å². The zero-order valence-corrected chi connectivity index (χ0v) is 9.30. The summed E-state index contributed by atoms with van der Waals surface area (Å²) in [4.78, 5) is 0. The minimum atomic E-state index is 0.264. The van der Waals surface area contributed by atoms with Crippen LogP contribution in [0.1, 0.15) is 54.0 Å². The number of nitrogens with two attached hydrogens (primary N) is 1. The van der Waals surface area contributed by atoms with Gasteiger partial charge in [-0.05, 0) is 49.3 Å². The summed E-state index contributed by atoms with van der Waals surface area (Å²) in [6.45, 7) is 6.67. The first kappa shape index (κ1) is 9.72. The highest BCUT2D eigenvalue weighted by molar-refractivity contribution is 5.43. The van der Waals surface area contributed by atoms with Gasteiger partial charge in [0.15, 0.2) is 0 Å². The van der Waals surface area contributed by atoms with Crippen LogP contribution in [0, 0.1) is 13.8 Å². The molecule has 0 fully saturated rings. The third-order valence-corrected chi connectivity index (χ3v) is 3.37. The van der Waals surface area contributed by atoms with Gasteiger partial charge in [0.1, 0.15) is 0 Å². The Labute approximate surface area is 86.3 Å². The molecule has 76 valence electrons. The van der Waals surface area contributed by atoms with Crippen LogP contribution in [0.25, 0.3) is 0 Å². The first-order chi connectivity index (χ1) is 6.59. The van der Waals surface area contributed by atoms with Crippen LogP contribution in [-0.4, -0.2) is 0 Å². The number of rotatable bonds is 0. The van der Waals surface area contributed by atoms with Crippen molar-refractivity contribution in [2.24, 2.45) is 5.73 Å². The van der Waals surface area contributed by atoms with Crippen LogP contribution in [0.5, 0.6) is 0 Å². The zero-order valence-electron chi connectivity index (χ0n) is 9.30. The normalized spacial score (nSPS) is 26.0. The minimum absolute atomic E-state index is 0.264. The molecule has 0 bridgehead atoms. The Kier molecular flexibility index (Phi) is 2.36. The minimum Gasteiger partial charge on any atom is -0.324 e. The first-order valence-electron chi connectivity index (χ1n) is 5.46. The second kappa shape index (κ2) is 3.39. The second-order valence-corrected chi connectivity index (χ2v) is 4.67. The smallest absolute Gasteiger partial charge is 0.0298 e. The van der Waals surface area contributed by atoms with Crippen molar-refractivity contribution in [3.63, 3.8) is 0 Å². The summed E-state index contributed by atoms with van der Waals surface area (Å²) in [5, 5.41) is 0. The predicted molar refractivity (Wildman–Crippen MR) is 60.5 cm³/mol. The Hall–Kier alpha value is -0.820. The van der Waals surface area contributed by atoms with E-state index in [0.29, 0.717) is 5.92 Å². The molecule has 0 amide bonds. The van der Waals surface area contributed by atoms with E-state index in [1.54, 1.807) is 0 Å². The molecule has 1 aliphatic carbocycles. The van der Waals surface area contributed by atoms with Gasteiger partial charge in [0.25, 0.3) is 0 Å². The van der Waals surface area contributed by atoms with Gasteiger partial charge in [-0.1, -0.05) is 24.6 Å². The van der Waals surface area contributed by atoms with Gasteiger partial charge in [-0.2, -0.15) is 0 Å². The topological polar surface area (TPSA) is 26.0 Å². The number of hydrogen-bond acceptors (Lipinski definition) is 1. The monoisotopic (exact) mass is 189 g/mol. The molecule has 0 spiro atoms. The van der Waals surface area contributed by atoms with E-state index in [2.05, 4.69) is 32.9 Å². The molecule has 1 aromatic carbocycles. The van der Waals surface area contributed by atoms with Crippen LogP contribution in [0.3, 0.4) is 0 Å². The molecule has 0 radical (unpaired) electrons. The third kappa shape index (κ3) is 1.46. The molecule has 14 heavy (non-hydrogen) atoms. The largest absolute Gasteiger partial charge is 0.324 e. The molecule has 1 aliphatic rings. The van der Waals surface area contributed by atoms with E-state index in [1.165, 1.54) is 28.7 Å². The summed E-state index contributed by atoms with van der Waals surface area (Å²) in [5.74, 6) is 0.686. The van der Waals surface area contributed by atoms with Crippen molar-refractivity contribution in [1.29, 1.82) is 0 Å².